The number of hydrogen-bond acceptors (Lipinski definition) is 3. The Kier molecular flexibility index (Phi) is 4.71. The van der Waals surface area contributed by atoms with Gasteiger partial charge in [0.1, 0.15) is 5.75 Å². The lowest BCUT2D eigenvalue weighted by Crippen LogP contribution is -2.27. The summed E-state index contributed by atoms with van der Waals surface area (Å²) >= 11 is 3.38. The van der Waals surface area contributed by atoms with E-state index in [0.29, 0.717) is 12.3 Å². The summed E-state index contributed by atoms with van der Waals surface area (Å²) in [5.74, 6) is -0.252. The van der Waals surface area contributed by atoms with Gasteiger partial charge in [0.25, 0.3) is 0 Å². The van der Waals surface area contributed by atoms with Crippen molar-refractivity contribution in [3.05, 3.63) is 58.1 Å². The summed E-state index contributed by atoms with van der Waals surface area (Å²) in [6.07, 6.45) is 0.180. The molecule has 0 spiro atoms. The Hall–Kier alpha value is -2.14. The largest absolute Gasteiger partial charge is 0.426 e. The van der Waals surface area contributed by atoms with Crippen molar-refractivity contribution >= 4 is 33.5 Å². The van der Waals surface area contributed by atoms with Crippen LogP contribution in [0.2, 0.25) is 0 Å². The van der Waals surface area contributed by atoms with E-state index in [2.05, 4.69) is 15.9 Å². The summed E-state index contributed by atoms with van der Waals surface area (Å²) in [7, 11) is 0. The van der Waals surface area contributed by atoms with Crippen LogP contribution < -0.4 is 9.64 Å². The third-order valence-corrected chi connectivity index (χ3v) is 4.74. The second-order valence-electron chi connectivity index (χ2n) is 6.02. The van der Waals surface area contributed by atoms with Gasteiger partial charge in [0.15, 0.2) is 0 Å². The standard InChI is InChI=1S/C19H18BrNO3/c1-12-4-3-5-13(2)18(12)24-19(23)14-10-17(22)21(11-14)16-8-6-15(20)7-9-16/h3-9,14H,10-11H2,1-2H3/t14-/m1/s1. The van der Waals surface area contributed by atoms with Gasteiger partial charge in [0.2, 0.25) is 5.91 Å². The molecule has 1 atom stereocenters. The molecule has 0 aromatic heterocycles. The number of hydrogen-bond donors (Lipinski definition) is 0. The van der Waals surface area contributed by atoms with Crippen molar-refractivity contribution in [2.75, 3.05) is 11.4 Å². The summed E-state index contributed by atoms with van der Waals surface area (Å²) < 4.78 is 6.53. The molecule has 0 radical (unpaired) electrons. The van der Waals surface area contributed by atoms with E-state index in [0.717, 1.165) is 21.3 Å². The lowest BCUT2D eigenvalue weighted by Gasteiger charge is -2.17. The molecule has 0 unspecified atom stereocenters. The average molecular weight is 388 g/mol. The molecular formula is C19H18BrNO3. The Balaban J connectivity index is 1.73. The third kappa shape index (κ3) is 3.36. The molecule has 24 heavy (non-hydrogen) atoms. The van der Waals surface area contributed by atoms with Gasteiger partial charge in [-0.05, 0) is 49.2 Å². The van der Waals surface area contributed by atoms with E-state index < -0.39 is 5.92 Å². The Morgan fingerprint density at radius 3 is 2.38 bits per heavy atom. The molecule has 2 aromatic rings. The quantitative estimate of drug-likeness (QED) is 0.589. The van der Waals surface area contributed by atoms with E-state index in [4.69, 9.17) is 4.74 Å². The predicted molar refractivity (Wildman–Crippen MR) is 96.2 cm³/mol. The number of aryl methyl sites for hydroxylation is 2. The number of carbonyl (C=O) groups excluding carboxylic acids is 2. The molecule has 3 rings (SSSR count). The number of rotatable bonds is 3. The number of para-hydroxylation sites is 1. The van der Waals surface area contributed by atoms with Gasteiger partial charge < -0.3 is 9.64 Å². The summed E-state index contributed by atoms with van der Waals surface area (Å²) in [6.45, 7) is 4.16. The molecule has 1 saturated heterocycles. The summed E-state index contributed by atoms with van der Waals surface area (Å²) in [4.78, 5) is 26.4. The Labute approximate surface area is 149 Å². The van der Waals surface area contributed by atoms with Gasteiger partial charge in [0.05, 0.1) is 5.92 Å². The maximum atomic E-state index is 12.5. The van der Waals surface area contributed by atoms with E-state index >= 15 is 0 Å². The van der Waals surface area contributed by atoms with Gasteiger partial charge in [0, 0.05) is 23.1 Å². The minimum Gasteiger partial charge on any atom is -0.426 e. The third-order valence-electron chi connectivity index (χ3n) is 4.21. The molecule has 124 valence electrons. The molecule has 2 aromatic carbocycles. The molecule has 0 saturated carbocycles. The van der Waals surface area contributed by atoms with Gasteiger partial charge in [-0.25, -0.2) is 0 Å². The first-order valence-electron chi connectivity index (χ1n) is 7.79. The van der Waals surface area contributed by atoms with Crippen molar-refractivity contribution in [2.45, 2.75) is 20.3 Å². The number of nitrogens with zero attached hydrogens (tertiary/aromatic N) is 1. The first-order valence-corrected chi connectivity index (χ1v) is 8.59. The highest BCUT2D eigenvalue weighted by Crippen LogP contribution is 2.29. The highest BCUT2D eigenvalue weighted by Gasteiger charge is 2.36. The van der Waals surface area contributed by atoms with Crippen LogP contribution in [0.1, 0.15) is 17.5 Å². The number of carbonyl (C=O) groups is 2. The van der Waals surface area contributed by atoms with Crippen LogP contribution in [0.4, 0.5) is 5.69 Å². The zero-order valence-electron chi connectivity index (χ0n) is 13.6. The number of amides is 1. The normalized spacial score (nSPS) is 17.2. The highest BCUT2D eigenvalue weighted by atomic mass is 79.9. The monoisotopic (exact) mass is 387 g/mol. The fourth-order valence-corrected chi connectivity index (χ4v) is 3.14. The van der Waals surface area contributed by atoms with E-state index in [1.807, 2.05) is 56.3 Å². The van der Waals surface area contributed by atoms with Gasteiger partial charge in [-0.1, -0.05) is 34.1 Å². The van der Waals surface area contributed by atoms with E-state index in [9.17, 15) is 9.59 Å². The van der Waals surface area contributed by atoms with Crippen molar-refractivity contribution in [2.24, 2.45) is 5.92 Å². The molecule has 0 N–H and O–H groups in total. The van der Waals surface area contributed by atoms with E-state index in [1.54, 1.807) is 4.90 Å². The average Bonchev–Trinajstić information content (AvgIpc) is 2.94. The smallest absolute Gasteiger partial charge is 0.316 e. The lowest BCUT2D eigenvalue weighted by molar-refractivity contribution is -0.139. The van der Waals surface area contributed by atoms with Gasteiger partial charge >= 0.3 is 5.97 Å². The molecule has 1 heterocycles. The van der Waals surface area contributed by atoms with Crippen molar-refractivity contribution in [1.29, 1.82) is 0 Å². The summed E-state index contributed by atoms with van der Waals surface area (Å²) in [5, 5.41) is 0. The van der Waals surface area contributed by atoms with Crippen LogP contribution in [-0.2, 0) is 9.59 Å². The second-order valence-corrected chi connectivity index (χ2v) is 6.94. The van der Waals surface area contributed by atoms with Gasteiger partial charge in [-0.15, -0.1) is 0 Å². The van der Waals surface area contributed by atoms with Crippen molar-refractivity contribution in [3.8, 4) is 5.75 Å². The number of halogens is 1. The SMILES string of the molecule is Cc1cccc(C)c1OC(=O)[C@@H]1CC(=O)N(c2ccc(Br)cc2)C1. The fraction of sp³-hybridized carbons (Fsp3) is 0.263. The molecule has 4 nitrogen and oxygen atoms in total. The van der Waals surface area contributed by atoms with Crippen LogP contribution in [0.25, 0.3) is 0 Å². The molecule has 1 aliphatic heterocycles. The van der Waals surface area contributed by atoms with Crippen molar-refractivity contribution < 1.29 is 14.3 Å². The first-order chi connectivity index (χ1) is 11.5. The van der Waals surface area contributed by atoms with Crippen LogP contribution in [-0.4, -0.2) is 18.4 Å². The number of anilines is 1. The zero-order valence-corrected chi connectivity index (χ0v) is 15.2. The first kappa shape index (κ1) is 16.7. The Morgan fingerprint density at radius 2 is 1.75 bits per heavy atom. The van der Waals surface area contributed by atoms with Gasteiger partial charge in [-0.3, -0.25) is 9.59 Å². The molecule has 1 amide bonds. The fourth-order valence-electron chi connectivity index (χ4n) is 2.88. The van der Waals surface area contributed by atoms with Crippen LogP contribution >= 0.6 is 15.9 Å². The molecular weight excluding hydrogens is 370 g/mol. The number of esters is 1. The van der Waals surface area contributed by atoms with E-state index in [-0.39, 0.29) is 18.3 Å². The van der Waals surface area contributed by atoms with Gasteiger partial charge in [-0.2, -0.15) is 0 Å². The number of benzene rings is 2. The minimum atomic E-state index is -0.444. The summed E-state index contributed by atoms with van der Waals surface area (Å²) in [6, 6.07) is 13.2. The molecule has 1 fully saturated rings. The van der Waals surface area contributed by atoms with Crippen LogP contribution in [0.15, 0.2) is 46.9 Å². The van der Waals surface area contributed by atoms with Crippen molar-refractivity contribution in [3.63, 3.8) is 0 Å². The lowest BCUT2D eigenvalue weighted by atomic mass is 10.1. The van der Waals surface area contributed by atoms with Crippen molar-refractivity contribution in [1.82, 2.24) is 0 Å². The van der Waals surface area contributed by atoms with Crippen LogP contribution in [0.5, 0.6) is 5.75 Å². The topological polar surface area (TPSA) is 46.6 Å². The summed E-state index contributed by atoms with van der Waals surface area (Å²) in [5.41, 5.74) is 2.63. The highest BCUT2D eigenvalue weighted by molar-refractivity contribution is 9.10. The van der Waals surface area contributed by atoms with Crippen LogP contribution in [0.3, 0.4) is 0 Å². The maximum Gasteiger partial charge on any atom is 0.316 e. The molecule has 0 bridgehead atoms. The molecule has 5 heteroatoms. The molecule has 0 aliphatic carbocycles. The Bertz CT molecular complexity index is 765. The Morgan fingerprint density at radius 1 is 1.12 bits per heavy atom. The van der Waals surface area contributed by atoms with E-state index in [1.165, 1.54) is 0 Å². The number of ether oxygens (including phenoxy) is 1. The maximum absolute atomic E-state index is 12.5. The second kappa shape index (κ2) is 6.77. The predicted octanol–water partition coefficient (Wildman–Crippen LogP) is 4.02. The molecule has 1 aliphatic rings. The van der Waals surface area contributed by atoms with Crippen LogP contribution in [0, 0.1) is 19.8 Å². The minimum absolute atomic E-state index is 0.0548. The zero-order chi connectivity index (χ0) is 17.3.